The first kappa shape index (κ1) is 21.4. The van der Waals surface area contributed by atoms with Gasteiger partial charge in [-0.2, -0.15) is 9.78 Å². The van der Waals surface area contributed by atoms with Gasteiger partial charge >= 0.3 is 5.97 Å². The van der Waals surface area contributed by atoms with Crippen LogP contribution in [0, 0.1) is 0 Å². The third-order valence-electron chi connectivity index (χ3n) is 4.10. The third-order valence-corrected chi connectivity index (χ3v) is 4.99. The van der Waals surface area contributed by atoms with E-state index in [1.807, 2.05) is 24.4 Å². The van der Waals surface area contributed by atoms with Gasteiger partial charge in [-0.25, -0.2) is 4.98 Å². The molecule has 0 aromatic carbocycles. The Labute approximate surface area is 177 Å². The van der Waals surface area contributed by atoms with Crippen molar-refractivity contribution in [1.82, 2.24) is 19.7 Å². The fourth-order valence-electron chi connectivity index (χ4n) is 2.81. The van der Waals surface area contributed by atoms with Crippen LogP contribution >= 0.6 is 11.3 Å². The number of nitrogens with zero attached hydrogens (tertiary/aromatic N) is 3. The van der Waals surface area contributed by atoms with Gasteiger partial charge in [0, 0.05) is 24.2 Å². The Balaban J connectivity index is 1.91. The normalized spacial score (nSPS) is 10.7. The van der Waals surface area contributed by atoms with Gasteiger partial charge in [-0.15, -0.1) is 11.3 Å². The van der Waals surface area contributed by atoms with Gasteiger partial charge in [-0.05, 0) is 24.8 Å². The zero-order chi connectivity index (χ0) is 21.5. The van der Waals surface area contributed by atoms with Gasteiger partial charge in [0.05, 0.1) is 17.9 Å². The fraction of sp³-hybridized carbons (Fsp3) is 0.350. The number of hydrogen-bond donors (Lipinski definition) is 2. The number of thiophene rings is 1. The van der Waals surface area contributed by atoms with E-state index in [1.54, 1.807) is 13.0 Å². The van der Waals surface area contributed by atoms with E-state index >= 15 is 0 Å². The number of H-pyrrole nitrogens is 1. The van der Waals surface area contributed by atoms with Crippen LogP contribution in [0.1, 0.15) is 38.8 Å². The summed E-state index contributed by atoms with van der Waals surface area (Å²) in [6.07, 6.45) is 1.44. The summed E-state index contributed by atoms with van der Waals surface area (Å²) in [7, 11) is 0. The standard InChI is InChI=1S/C20H23N5O4S/c1-3-6-13-11-18(27)23-20(21-13)25-16(12-14(24-25)15-7-5-10-30-15)22-17(26)8-9-19(28)29-4-2/h5,7,10-12H,3-4,6,8-9H2,1-2H3,(H,22,26)(H,21,23,27). The molecule has 0 aliphatic rings. The predicted molar refractivity (Wildman–Crippen MR) is 114 cm³/mol. The van der Waals surface area contributed by atoms with E-state index in [9.17, 15) is 14.4 Å². The van der Waals surface area contributed by atoms with Crippen molar-refractivity contribution in [3.05, 3.63) is 45.7 Å². The maximum Gasteiger partial charge on any atom is 0.306 e. The molecule has 0 saturated heterocycles. The minimum Gasteiger partial charge on any atom is -0.466 e. The minimum atomic E-state index is -0.432. The molecule has 1 amide bonds. The monoisotopic (exact) mass is 429 g/mol. The Bertz CT molecular complexity index is 1070. The van der Waals surface area contributed by atoms with E-state index in [1.165, 1.54) is 22.1 Å². The van der Waals surface area contributed by atoms with Crippen LogP contribution in [0.25, 0.3) is 16.5 Å². The molecule has 3 aromatic heterocycles. The van der Waals surface area contributed by atoms with E-state index in [0.29, 0.717) is 23.6 Å². The summed E-state index contributed by atoms with van der Waals surface area (Å²) in [5.41, 5.74) is 0.981. The smallest absolute Gasteiger partial charge is 0.306 e. The molecule has 2 N–H and O–H groups in total. The minimum absolute atomic E-state index is 0.0212. The van der Waals surface area contributed by atoms with Crippen LogP contribution in [0.15, 0.2) is 34.4 Å². The molecule has 158 valence electrons. The van der Waals surface area contributed by atoms with Gasteiger partial charge < -0.3 is 10.1 Å². The van der Waals surface area contributed by atoms with E-state index < -0.39 is 5.97 Å². The number of rotatable bonds is 9. The van der Waals surface area contributed by atoms with Crippen LogP contribution in [0.4, 0.5) is 5.82 Å². The molecule has 0 aliphatic carbocycles. The number of nitrogens with one attached hydrogen (secondary N) is 2. The van der Waals surface area contributed by atoms with Crippen LogP contribution in [0.5, 0.6) is 0 Å². The number of amides is 1. The molecule has 3 rings (SSSR count). The number of aromatic nitrogens is 4. The zero-order valence-corrected chi connectivity index (χ0v) is 17.6. The molecule has 0 atom stereocenters. The first-order valence-corrected chi connectivity index (χ1v) is 10.6. The molecule has 0 spiro atoms. The maximum atomic E-state index is 12.4. The average molecular weight is 430 g/mol. The summed E-state index contributed by atoms with van der Waals surface area (Å²) in [6, 6.07) is 6.97. The Hall–Kier alpha value is -3.27. The molecule has 0 bridgehead atoms. The van der Waals surface area contributed by atoms with Gasteiger partial charge in [0.15, 0.2) is 0 Å². The molecule has 30 heavy (non-hydrogen) atoms. The van der Waals surface area contributed by atoms with E-state index in [0.717, 1.165) is 11.3 Å². The van der Waals surface area contributed by atoms with Crippen molar-refractivity contribution in [2.75, 3.05) is 11.9 Å². The number of carbonyl (C=O) groups is 2. The number of ether oxygens (including phenoxy) is 1. The van der Waals surface area contributed by atoms with Crippen molar-refractivity contribution in [3.63, 3.8) is 0 Å². The second-order valence-electron chi connectivity index (χ2n) is 6.47. The van der Waals surface area contributed by atoms with Gasteiger partial charge in [0.25, 0.3) is 5.56 Å². The van der Waals surface area contributed by atoms with Crippen molar-refractivity contribution >= 4 is 29.0 Å². The molecule has 0 radical (unpaired) electrons. The molecule has 0 saturated carbocycles. The summed E-state index contributed by atoms with van der Waals surface area (Å²) in [5.74, 6) is -0.230. The number of aryl methyl sites for hydroxylation is 1. The van der Waals surface area contributed by atoms with Crippen LogP contribution < -0.4 is 10.9 Å². The summed E-state index contributed by atoms with van der Waals surface area (Å²) in [6.45, 7) is 3.98. The Morgan fingerprint density at radius 2 is 2.10 bits per heavy atom. The van der Waals surface area contributed by atoms with Crippen LogP contribution in [-0.4, -0.2) is 38.2 Å². The van der Waals surface area contributed by atoms with Crippen molar-refractivity contribution in [1.29, 1.82) is 0 Å². The highest BCUT2D eigenvalue weighted by Gasteiger charge is 2.17. The lowest BCUT2D eigenvalue weighted by molar-refractivity contribution is -0.144. The molecule has 9 nitrogen and oxygen atoms in total. The van der Waals surface area contributed by atoms with Crippen molar-refractivity contribution in [2.24, 2.45) is 0 Å². The Morgan fingerprint density at radius 1 is 1.27 bits per heavy atom. The molecule has 3 heterocycles. The van der Waals surface area contributed by atoms with Crippen molar-refractivity contribution in [3.8, 4) is 16.5 Å². The summed E-state index contributed by atoms with van der Waals surface area (Å²) in [5, 5.41) is 9.21. The van der Waals surface area contributed by atoms with Crippen LogP contribution in [0.2, 0.25) is 0 Å². The summed E-state index contributed by atoms with van der Waals surface area (Å²) in [4.78, 5) is 44.1. The highest BCUT2D eigenvalue weighted by Crippen LogP contribution is 2.27. The van der Waals surface area contributed by atoms with E-state index in [2.05, 4.69) is 20.4 Å². The third kappa shape index (κ3) is 5.41. The lowest BCUT2D eigenvalue weighted by Crippen LogP contribution is -2.20. The zero-order valence-electron chi connectivity index (χ0n) is 16.8. The lowest BCUT2D eigenvalue weighted by atomic mass is 10.2. The largest absolute Gasteiger partial charge is 0.466 e. The Morgan fingerprint density at radius 3 is 2.80 bits per heavy atom. The van der Waals surface area contributed by atoms with Crippen molar-refractivity contribution < 1.29 is 14.3 Å². The summed E-state index contributed by atoms with van der Waals surface area (Å²) >= 11 is 1.50. The SMILES string of the molecule is CCCc1cc(=O)[nH]c(-n2nc(-c3cccs3)cc2NC(=O)CCC(=O)OCC)n1. The molecule has 0 aliphatic heterocycles. The number of carbonyl (C=O) groups excluding carboxylic acids is 2. The second-order valence-corrected chi connectivity index (χ2v) is 7.42. The van der Waals surface area contributed by atoms with Gasteiger partial charge in [-0.1, -0.05) is 19.4 Å². The maximum absolute atomic E-state index is 12.4. The predicted octanol–water partition coefficient (Wildman–Crippen LogP) is 2.92. The average Bonchev–Trinajstić information content (AvgIpc) is 3.36. The first-order chi connectivity index (χ1) is 14.5. The topological polar surface area (TPSA) is 119 Å². The molecule has 0 fully saturated rings. The fourth-order valence-corrected chi connectivity index (χ4v) is 3.49. The molecule has 10 heteroatoms. The van der Waals surface area contributed by atoms with Crippen LogP contribution in [0.3, 0.4) is 0 Å². The highest BCUT2D eigenvalue weighted by atomic mass is 32.1. The van der Waals surface area contributed by atoms with Crippen molar-refractivity contribution in [2.45, 2.75) is 39.5 Å². The number of anilines is 1. The second kappa shape index (κ2) is 9.97. The van der Waals surface area contributed by atoms with E-state index in [4.69, 9.17) is 4.74 Å². The number of hydrogen-bond acceptors (Lipinski definition) is 7. The van der Waals surface area contributed by atoms with Crippen LogP contribution in [-0.2, 0) is 20.7 Å². The molecule has 3 aromatic rings. The highest BCUT2D eigenvalue weighted by molar-refractivity contribution is 7.13. The lowest BCUT2D eigenvalue weighted by Gasteiger charge is -2.09. The Kier molecular flexibility index (Phi) is 7.12. The van der Waals surface area contributed by atoms with Gasteiger partial charge in [0.2, 0.25) is 11.9 Å². The molecular formula is C20H23N5O4S. The molecular weight excluding hydrogens is 406 g/mol. The number of aromatic amines is 1. The quantitative estimate of drug-likeness (QED) is 0.505. The van der Waals surface area contributed by atoms with E-state index in [-0.39, 0.29) is 36.9 Å². The first-order valence-electron chi connectivity index (χ1n) is 9.70. The number of esters is 1. The molecule has 0 unspecified atom stereocenters. The van der Waals surface area contributed by atoms with Gasteiger partial charge in [-0.3, -0.25) is 19.4 Å². The summed E-state index contributed by atoms with van der Waals surface area (Å²) < 4.78 is 6.25. The van der Waals surface area contributed by atoms with Gasteiger partial charge in [0.1, 0.15) is 11.5 Å².